The Hall–Kier alpha value is -0.0200. The number of hydrogen-bond acceptors (Lipinski definition) is 1. The molecule has 0 amide bonds. The summed E-state index contributed by atoms with van der Waals surface area (Å²) < 4.78 is 13.4. The van der Waals surface area contributed by atoms with Gasteiger partial charge in [0.25, 0.3) is 0 Å². The quantitative estimate of drug-likeness (QED) is 0.707. The van der Waals surface area contributed by atoms with E-state index in [1.54, 1.807) is 0 Å². The number of rotatable bonds is 5. The van der Waals surface area contributed by atoms with Crippen LogP contribution in [0, 0.1) is 5.82 Å². The molecule has 0 aliphatic carbocycles. The Morgan fingerprint density at radius 1 is 1.43 bits per heavy atom. The zero-order chi connectivity index (χ0) is 10.4. The fourth-order valence-corrected chi connectivity index (χ4v) is 2.54. The number of hydrogen-bond donors (Lipinski definition) is 0. The van der Waals surface area contributed by atoms with Gasteiger partial charge in [0.05, 0.1) is 4.47 Å². The Morgan fingerprint density at radius 2 is 2.21 bits per heavy atom. The van der Waals surface area contributed by atoms with E-state index in [-0.39, 0.29) is 5.82 Å². The third-order valence-electron chi connectivity index (χ3n) is 1.89. The first kappa shape index (κ1) is 12.1. The van der Waals surface area contributed by atoms with E-state index in [2.05, 4.69) is 22.9 Å². The van der Waals surface area contributed by atoms with Crippen LogP contribution in [0.2, 0.25) is 0 Å². The second-order valence-electron chi connectivity index (χ2n) is 3.15. The maximum Gasteiger partial charge on any atom is 0.137 e. The highest BCUT2D eigenvalue weighted by Gasteiger charge is 2.00. The van der Waals surface area contributed by atoms with Gasteiger partial charge in [-0.3, -0.25) is 0 Å². The van der Waals surface area contributed by atoms with Crippen LogP contribution in [0.15, 0.2) is 22.7 Å². The fraction of sp³-hybridized carbons (Fsp3) is 0.455. The molecule has 0 saturated heterocycles. The van der Waals surface area contributed by atoms with Gasteiger partial charge in [-0.1, -0.05) is 19.4 Å². The molecule has 0 aromatic heterocycles. The molecule has 0 aliphatic heterocycles. The topological polar surface area (TPSA) is 0 Å². The molecular formula is C11H14BrFS. The van der Waals surface area contributed by atoms with Gasteiger partial charge in [-0.25, -0.2) is 4.39 Å². The molecule has 1 aromatic carbocycles. The second-order valence-corrected chi connectivity index (χ2v) is 5.11. The predicted octanol–water partition coefficient (Wildman–Crippen LogP) is 4.62. The van der Waals surface area contributed by atoms with Gasteiger partial charge in [-0.05, 0) is 45.8 Å². The third-order valence-corrected chi connectivity index (χ3v) is 3.62. The Balaban J connectivity index is 2.39. The van der Waals surface area contributed by atoms with E-state index in [9.17, 15) is 4.39 Å². The Kier molecular flexibility index (Phi) is 5.56. The summed E-state index contributed by atoms with van der Waals surface area (Å²) in [5.41, 5.74) is 1.18. The monoisotopic (exact) mass is 276 g/mol. The van der Waals surface area contributed by atoms with Crippen molar-refractivity contribution < 1.29 is 4.39 Å². The highest BCUT2D eigenvalue weighted by molar-refractivity contribution is 9.10. The molecule has 3 heteroatoms. The number of unbranched alkanes of at least 4 members (excludes halogenated alkanes) is 1. The van der Waals surface area contributed by atoms with Crippen molar-refractivity contribution in [3.05, 3.63) is 34.1 Å². The molecule has 0 spiro atoms. The van der Waals surface area contributed by atoms with Gasteiger partial charge in [-0.15, -0.1) is 0 Å². The third kappa shape index (κ3) is 4.01. The van der Waals surface area contributed by atoms with Crippen molar-refractivity contribution in [3.63, 3.8) is 0 Å². The molecule has 0 N–H and O–H groups in total. The molecule has 1 aromatic rings. The Labute approximate surface area is 97.4 Å². The lowest BCUT2D eigenvalue weighted by Gasteiger charge is -2.02. The summed E-state index contributed by atoms with van der Waals surface area (Å²) >= 11 is 5.09. The lowest BCUT2D eigenvalue weighted by Crippen LogP contribution is -1.85. The molecule has 0 unspecified atom stereocenters. The molecule has 0 fully saturated rings. The summed E-state index contributed by atoms with van der Waals surface area (Å²) in [6, 6.07) is 5.22. The van der Waals surface area contributed by atoms with Crippen LogP contribution in [-0.2, 0) is 5.75 Å². The van der Waals surface area contributed by atoms with Crippen LogP contribution >= 0.6 is 27.7 Å². The van der Waals surface area contributed by atoms with Crippen LogP contribution in [0.5, 0.6) is 0 Å². The predicted molar refractivity (Wildman–Crippen MR) is 65.2 cm³/mol. The summed E-state index contributed by atoms with van der Waals surface area (Å²) in [4.78, 5) is 0. The van der Waals surface area contributed by atoms with E-state index < -0.39 is 0 Å². The largest absolute Gasteiger partial charge is 0.206 e. The summed E-state index contributed by atoms with van der Waals surface area (Å²) in [7, 11) is 0. The van der Waals surface area contributed by atoms with Crippen molar-refractivity contribution in [2.24, 2.45) is 0 Å². The summed E-state index contributed by atoms with van der Waals surface area (Å²) in [5.74, 6) is 1.97. The van der Waals surface area contributed by atoms with Crippen molar-refractivity contribution in [3.8, 4) is 0 Å². The second kappa shape index (κ2) is 6.46. The van der Waals surface area contributed by atoms with Gasteiger partial charge in [0.1, 0.15) is 5.82 Å². The minimum atomic E-state index is -0.188. The summed E-state index contributed by atoms with van der Waals surface area (Å²) in [6.07, 6.45) is 2.49. The van der Waals surface area contributed by atoms with Crippen molar-refractivity contribution in [1.82, 2.24) is 0 Å². The number of halogens is 2. The molecule has 0 radical (unpaired) electrons. The molecule has 14 heavy (non-hydrogen) atoms. The number of thioether (sulfide) groups is 1. The van der Waals surface area contributed by atoms with Crippen LogP contribution < -0.4 is 0 Å². The lowest BCUT2D eigenvalue weighted by atomic mass is 10.2. The first-order chi connectivity index (χ1) is 6.74. The minimum absolute atomic E-state index is 0.188. The molecule has 0 nitrogen and oxygen atoms in total. The fourth-order valence-electron chi connectivity index (χ4n) is 1.07. The average molecular weight is 277 g/mol. The maximum atomic E-state index is 12.9. The van der Waals surface area contributed by atoms with E-state index in [1.807, 2.05) is 23.9 Å². The van der Waals surface area contributed by atoms with Crippen molar-refractivity contribution in [2.45, 2.75) is 25.5 Å². The lowest BCUT2D eigenvalue weighted by molar-refractivity contribution is 0.620. The van der Waals surface area contributed by atoms with Gasteiger partial charge in [0.2, 0.25) is 0 Å². The van der Waals surface area contributed by atoms with E-state index in [1.165, 1.54) is 30.2 Å². The van der Waals surface area contributed by atoms with Gasteiger partial charge < -0.3 is 0 Å². The molecule has 78 valence electrons. The highest BCUT2D eigenvalue weighted by Crippen LogP contribution is 2.20. The normalized spacial score (nSPS) is 10.5. The smallest absolute Gasteiger partial charge is 0.137 e. The number of benzene rings is 1. The molecular weight excluding hydrogens is 263 g/mol. The summed E-state index contributed by atoms with van der Waals surface area (Å²) in [5, 5.41) is 0. The van der Waals surface area contributed by atoms with E-state index >= 15 is 0 Å². The molecule has 0 aliphatic rings. The Bertz CT molecular complexity index is 289. The van der Waals surface area contributed by atoms with E-state index in [0.29, 0.717) is 4.47 Å². The maximum absolute atomic E-state index is 12.9. The van der Waals surface area contributed by atoms with Crippen LogP contribution in [0.4, 0.5) is 4.39 Å². The van der Waals surface area contributed by atoms with Gasteiger partial charge in [0, 0.05) is 5.75 Å². The van der Waals surface area contributed by atoms with E-state index in [4.69, 9.17) is 0 Å². The van der Waals surface area contributed by atoms with Crippen LogP contribution in [0.1, 0.15) is 25.3 Å². The van der Waals surface area contributed by atoms with E-state index in [0.717, 1.165) is 5.75 Å². The molecule has 0 bridgehead atoms. The minimum Gasteiger partial charge on any atom is -0.206 e. The van der Waals surface area contributed by atoms with Gasteiger partial charge in [0.15, 0.2) is 0 Å². The van der Waals surface area contributed by atoms with Crippen LogP contribution in [0.3, 0.4) is 0 Å². The molecule has 1 rings (SSSR count). The van der Waals surface area contributed by atoms with Crippen molar-refractivity contribution in [2.75, 3.05) is 5.75 Å². The van der Waals surface area contributed by atoms with Crippen LogP contribution in [0.25, 0.3) is 0 Å². The molecule has 0 heterocycles. The zero-order valence-electron chi connectivity index (χ0n) is 8.22. The molecule has 0 saturated carbocycles. The average Bonchev–Trinajstić information content (AvgIpc) is 2.18. The molecule has 0 atom stereocenters. The summed E-state index contributed by atoms with van der Waals surface area (Å²) in [6.45, 7) is 2.19. The van der Waals surface area contributed by atoms with Gasteiger partial charge in [-0.2, -0.15) is 11.8 Å². The van der Waals surface area contributed by atoms with Crippen molar-refractivity contribution in [1.29, 1.82) is 0 Å². The SMILES string of the molecule is CCCCSCc1ccc(F)c(Br)c1. The first-order valence-corrected chi connectivity index (χ1v) is 6.70. The van der Waals surface area contributed by atoms with Gasteiger partial charge >= 0.3 is 0 Å². The zero-order valence-corrected chi connectivity index (χ0v) is 10.6. The first-order valence-electron chi connectivity index (χ1n) is 4.75. The standard InChI is InChI=1S/C11H14BrFS/c1-2-3-6-14-8-9-4-5-11(13)10(12)7-9/h4-5,7H,2-3,6,8H2,1H3. The Morgan fingerprint density at radius 3 is 2.86 bits per heavy atom. The van der Waals surface area contributed by atoms with Crippen LogP contribution in [-0.4, -0.2) is 5.75 Å². The van der Waals surface area contributed by atoms with Crippen molar-refractivity contribution >= 4 is 27.7 Å². The highest BCUT2D eigenvalue weighted by atomic mass is 79.9.